The third kappa shape index (κ3) is 4.62. The Labute approximate surface area is 132 Å². The maximum absolute atomic E-state index is 13.5. The van der Waals surface area contributed by atoms with E-state index in [1.807, 2.05) is 0 Å². The van der Waals surface area contributed by atoms with Crippen LogP contribution in [0.15, 0.2) is 23.3 Å². The van der Waals surface area contributed by atoms with Crippen molar-refractivity contribution in [2.75, 3.05) is 11.5 Å². The van der Waals surface area contributed by atoms with Crippen molar-refractivity contribution in [3.8, 4) is 0 Å². The van der Waals surface area contributed by atoms with Gasteiger partial charge in [0.15, 0.2) is 14.9 Å². The number of halogens is 2. The van der Waals surface area contributed by atoms with E-state index in [-0.39, 0.29) is 33.2 Å². The maximum atomic E-state index is 13.5. The lowest BCUT2D eigenvalue weighted by Crippen LogP contribution is -2.40. The number of hydrazone groups is 1. The number of nitrogens with one attached hydrogen (secondary N) is 2. The molecule has 2 N–H and O–H groups in total. The fourth-order valence-corrected chi connectivity index (χ4v) is 4.02. The molecular weight excluding hydrogens is 337 g/mol. The second kappa shape index (κ2) is 6.67. The SMILES string of the molecule is O=S1(=O)CCC(NC(=S)N/N=C/c2c(F)cccc2Cl)C1. The molecule has 1 atom stereocenters. The summed E-state index contributed by atoms with van der Waals surface area (Å²) in [5.74, 6) is -0.284. The summed E-state index contributed by atoms with van der Waals surface area (Å²) in [6, 6.07) is 4.09. The summed E-state index contributed by atoms with van der Waals surface area (Å²) in [4.78, 5) is 0. The van der Waals surface area contributed by atoms with E-state index in [4.69, 9.17) is 23.8 Å². The van der Waals surface area contributed by atoms with Crippen LogP contribution in [0.2, 0.25) is 5.02 Å². The van der Waals surface area contributed by atoms with Gasteiger partial charge in [0.05, 0.1) is 22.7 Å². The first-order chi connectivity index (χ1) is 9.87. The molecule has 0 aliphatic carbocycles. The van der Waals surface area contributed by atoms with E-state index < -0.39 is 15.7 Å². The quantitative estimate of drug-likeness (QED) is 0.491. The van der Waals surface area contributed by atoms with Crippen molar-refractivity contribution in [3.05, 3.63) is 34.6 Å². The molecule has 1 aliphatic heterocycles. The van der Waals surface area contributed by atoms with Crippen LogP contribution in [0.1, 0.15) is 12.0 Å². The normalized spacial score (nSPS) is 20.6. The van der Waals surface area contributed by atoms with E-state index in [2.05, 4.69) is 15.8 Å². The van der Waals surface area contributed by atoms with Crippen LogP contribution in [0, 0.1) is 5.82 Å². The summed E-state index contributed by atoms with van der Waals surface area (Å²) in [7, 11) is -2.97. The highest BCUT2D eigenvalue weighted by atomic mass is 35.5. The minimum atomic E-state index is -2.97. The molecule has 1 fully saturated rings. The van der Waals surface area contributed by atoms with Crippen LogP contribution >= 0.6 is 23.8 Å². The van der Waals surface area contributed by atoms with Crippen LogP contribution in [-0.2, 0) is 9.84 Å². The standard InChI is InChI=1S/C12H13ClFN3O2S2/c13-10-2-1-3-11(14)9(10)6-15-17-12(20)16-8-4-5-21(18,19)7-8/h1-3,6,8H,4-5,7H2,(H2,16,17,20)/b15-6+. The van der Waals surface area contributed by atoms with Crippen LogP contribution in [0.3, 0.4) is 0 Å². The molecule has 0 spiro atoms. The molecule has 5 nitrogen and oxygen atoms in total. The van der Waals surface area contributed by atoms with Gasteiger partial charge in [-0.05, 0) is 30.8 Å². The van der Waals surface area contributed by atoms with E-state index in [1.165, 1.54) is 18.3 Å². The van der Waals surface area contributed by atoms with Crippen LogP contribution in [0.5, 0.6) is 0 Å². The summed E-state index contributed by atoms with van der Waals surface area (Å²) >= 11 is 10.8. The summed E-state index contributed by atoms with van der Waals surface area (Å²) in [6.45, 7) is 0. The molecule has 1 saturated heterocycles. The second-order valence-electron chi connectivity index (χ2n) is 4.58. The lowest BCUT2D eigenvalue weighted by molar-refractivity contribution is 0.600. The number of hydrogen-bond donors (Lipinski definition) is 2. The third-order valence-corrected chi connectivity index (χ3v) is 5.23. The van der Waals surface area contributed by atoms with Gasteiger partial charge in [0.1, 0.15) is 5.82 Å². The molecule has 1 aromatic rings. The molecule has 0 bridgehead atoms. The van der Waals surface area contributed by atoms with Crippen LogP contribution in [-0.4, -0.2) is 37.3 Å². The van der Waals surface area contributed by atoms with Crippen LogP contribution in [0.25, 0.3) is 0 Å². The molecule has 1 heterocycles. The average molecular weight is 350 g/mol. The third-order valence-electron chi connectivity index (χ3n) is 2.93. The van der Waals surface area contributed by atoms with Crippen molar-refractivity contribution in [2.45, 2.75) is 12.5 Å². The number of sulfone groups is 1. The Balaban J connectivity index is 1.88. The van der Waals surface area contributed by atoms with Gasteiger partial charge >= 0.3 is 0 Å². The van der Waals surface area contributed by atoms with Crippen molar-refractivity contribution in [2.24, 2.45) is 5.10 Å². The molecule has 0 radical (unpaired) electrons. The lowest BCUT2D eigenvalue weighted by atomic mass is 10.2. The van der Waals surface area contributed by atoms with Crippen molar-refractivity contribution in [3.63, 3.8) is 0 Å². The minimum Gasteiger partial charge on any atom is -0.358 e. The Hall–Kier alpha value is -1.25. The Morgan fingerprint density at radius 1 is 1.52 bits per heavy atom. The Bertz CT molecular complexity index is 659. The van der Waals surface area contributed by atoms with Gasteiger partial charge in [0.25, 0.3) is 0 Å². The number of rotatable bonds is 3. The second-order valence-corrected chi connectivity index (χ2v) is 7.62. The number of nitrogens with zero attached hydrogens (tertiary/aromatic N) is 1. The molecule has 0 saturated carbocycles. The minimum absolute atomic E-state index is 0.0532. The number of hydrogen-bond acceptors (Lipinski definition) is 4. The topological polar surface area (TPSA) is 70.6 Å². The summed E-state index contributed by atoms with van der Waals surface area (Å²) in [5, 5.41) is 7.06. The first-order valence-electron chi connectivity index (χ1n) is 6.11. The highest BCUT2D eigenvalue weighted by molar-refractivity contribution is 7.91. The zero-order valence-electron chi connectivity index (χ0n) is 10.8. The smallest absolute Gasteiger partial charge is 0.187 e. The monoisotopic (exact) mass is 349 g/mol. The fourth-order valence-electron chi connectivity index (χ4n) is 1.92. The molecule has 0 aromatic heterocycles. The largest absolute Gasteiger partial charge is 0.358 e. The van der Waals surface area contributed by atoms with Gasteiger partial charge in [0, 0.05) is 11.6 Å². The molecule has 2 rings (SSSR count). The fraction of sp³-hybridized carbons (Fsp3) is 0.333. The highest BCUT2D eigenvalue weighted by Gasteiger charge is 2.28. The number of thiocarbonyl (C=S) groups is 1. The Kier molecular flexibility index (Phi) is 5.13. The maximum Gasteiger partial charge on any atom is 0.187 e. The molecule has 1 unspecified atom stereocenters. The van der Waals surface area contributed by atoms with Gasteiger partial charge in [-0.1, -0.05) is 17.7 Å². The molecular formula is C12H13ClFN3O2S2. The van der Waals surface area contributed by atoms with E-state index >= 15 is 0 Å². The van der Waals surface area contributed by atoms with Crippen molar-refractivity contribution in [1.29, 1.82) is 0 Å². The average Bonchev–Trinajstić information content (AvgIpc) is 2.72. The first-order valence-corrected chi connectivity index (χ1v) is 8.72. The summed E-state index contributed by atoms with van der Waals surface area (Å²) in [5.41, 5.74) is 2.66. The van der Waals surface area contributed by atoms with Gasteiger partial charge in [-0.3, -0.25) is 5.43 Å². The van der Waals surface area contributed by atoms with Crippen molar-refractivity contribution in [1.82, 2.24) is 10.7 Å². The van der Waals surface area contributed by atoms with Gasteiger partial charge in [-0.2, -0.15) is 5.10 Å². The predicted octanol–water partition coefficient (Wildman–Crippen LogP) is 1.46. The summed E-state index contributed by atoms with van der Waals surface area (Å²) < 4.78 is 36.1. The molecule has 0 amide bonds. The van der Waals surface area contributed by atoms with E-state index in [0.29, 0.717) is 6.42 Å². The van der Waals surface area contributed by atoms with Gasteiger partial charge in [0.2, 0.25) is 0 Å². The van der Waals surface area contributed by atoms with Crippen molar-refractivity contribution < 1.29 is 12.8 Å². The van der Waals surface area contributed by atoms with E-state index in [0.717, 1.165) is 0 Å². The molecule has 1 aliphatic rings. The molecule has 21 heavy (non-hydrogen) atoms. The Morgan fingerprint density at radius 2 is 2.29 bits per heavy atom. The molecule has 1 aromatic carbocycles. The summed E-state index contributed by atoms with van der Waals surface area (Å²) in [6.07, 6.45) is 1.73. The zero-order chi connectivity index (χ0) is 15.5. The van der Waals surface area contributed by atoms with Crippen LogP contribution < -0.4 is 10.7 Å². The van der Waals surface area contributed by atoms with E-state index in [9.17, 15) is 12.8 Å². The lowest BCUT2D eigenvalue weighted by Gasteiger charge is -2.12. The molecule has 9 heteroatoms. The predicted molar refractivity (Wildman–Crippen MR) is 84.9 cm³/mol. The zero-order valence-corrected chi connectivity index (χ0v) is 13.2. The Morgan fingerprint density at radius 3 is 2.90 bits per heavy atom. The van der Waals surface area contributed by atoms with E-state index in [1.54, 1.807) is 6.07 Å². The van der Waals surface area contributed by atoms with Gasteiger partial charge in [-0.25, -0.2) is 12.8 Å². The highest BCUT2D eigenvalue weighted by Crippen LogP contribution is 2.16. The van der Waals surface area contributed by atoms with Gasteiger partial charge < -0.3 is 5.32 Å². The molecule has 114 valence electrons. The number of benzene rings is 1. The van der Waals surface area contributed by atoms with Crippen LogP contribution in [0.4, 0.5) is 4.39 Å². The van der Waals surface area contributed by atoms with Gasteiger partial charge in [-0.15, -0.1) is 0 Å². The first kappa shape index (κ1) is 16.1. The van der Waals surface area contributed by atoms with Crippen molar-refractivity contribution >= 4 is 45.0 Å².